The van der Waals surface area contributed by atoms with Gasteiger partial charge in [0, 0.05) is 30.7 Å². The number of amides is 2. The lowest BCUT2D eigenvalue weighted by Gasteiger charge is -2.33. The van der Waals surface area contributed by atoms with Crippen LogP contribution in [0.3, 0.4) is 0 Å². The largest absolute Gasteiger partial charge is 0.370 e. The van der Waals surface area contributed by atoms with Crippen molar-refractivity contribution in [3.8, 4) is 0 Å². The van der Waals surface area contributed by atoms with Gasteiger partial charge >= 0.3 is 0 Å². The van der Waals surface area contributed by atoms with Crippen LogP contribution in [-0.2, 0) is 19.6 Å². The van der Waals surface area contributed by atoms with Crippen molar-refractivity contribution < 1.29 is 18.0 Å². The fourth-order valence-corrected chi connectivity index (χ4v) is 5.95. The molecule has 0 aromatic heterocycles. The molecule has 8 nitrogen and oxygen atoms in total. The van der Waals surface area contributed by atoms with Crippen LogP contribution in [0.5, 0.6) is 0 Å². The van der Waals surface area contributed by atoms with Crippen LogP contribution in [0.2, 0.25) is 0 Å². The monoisotopic (exact) mass is 500 g/mol. The zero-order chi connectivity index (χ0) is 25.6. The lowest BCUT2D eigenvalue weighted by atomic mass is 9.95. The molecule has 0 unspecified atom stereocenters. The number of primary amides is 1. The van der Waals surface area contributed by atoms with Crippen LogP contribution >= 0.6 is 0 Å². The maximum absolute atomic E-state index is 13.4. The molecule has 2 atom stereocenters. The number of rotatable bonds is 10. The zero-order valence-corrected chi connectivity index (χ0v) is 21.5. The fourth-order valence-electron chi connectivity index (χ4n) is 4.37. The van der Waals surface area contributed by atoms with Crippen LogP contribution in [0, 0.1) is 5.92 Å². The molecule has 35 heavy (non-hydrogen) atoms. The van der Waals surface area contributed by atoms with E-state index in [0.717, 1.165) is 5.56 Å². The Balaban J connectivity index is 1.92. The second-order valence-corrected chi connectivity index (χ2v) is 10.8. The third kappa shape index (κ3) is 6.61. The molecule has 0 bridgehead atoms. The number of hydrogen-bond donors (Lipinski definition) is 3. The Morgan fingerprint density at radius 2 is 1.71 bits per heavy atom. The minimum Gasteiger partial charge on any atom is -0.370 e. The van der Waals surface area contributed by atoms with Crippen LogP contribution in [0.15, 0.2) is 53.4 Å². The summed E-state index contributed by atoms with van der Waals surface area (Å²) in [5.74, 6) is -1.06. The third-order valence-electron chi connectivity index (χ3n) is 6.65. The van der Waals surface area contributed by atoms with Crippen LogP contribution < -0.4 is 20.7 Å². The first-order valence-corrected chi connectivity index (χ1v) is 13.7. The molecule has 0 radical (unpaired) electrons. The fraction of sp³-hybridized carbons (Fsp3) is 0.462. The summed E-state index contributed by atoms with van der Waals surface area (Å²) in [7, 11) is -3.85. The van der Waals surface area contributed by atoms with E-state index in [1.165, 1.54) is 6.07 Å². The Bertz CT molecular complexity index is 1130. The number of nitrogens with one attached hydrogen (secondary N) is 2. The van der Waals surface area contributed by atoms with Crippen LogP contribution in [-0.4, -0.2) is 39.4 Å². The Kier molecular flexibility index (Phi) is 8.91. The van der Waals surface area contributed by atoms with Gasteiger partial charge in [0.2, 0.25) is 21.8 Å². The minimum absolute atomic E-state index is 0.112. The summed E-state index contributed by atoms with van der Waals surface area (Å²) in [5, 5.41) is 2.91. The molecule has 1 aliphatic rings. The van der Waals surface area contributed by atoms with Crippen LogP contribution in [0.4, 0.5) is 11.4 Å². The Labute approximate surface area is 208 Å². The highest BCUT2D eigenvalue weighted by molar-refractivity contribution is 7.89. The average Bonchev–Trinajstić information content (AvgIpc) is 2.85. The molecule has 4 N–H and O–H groups in total. The van der Waals surface area contributed by atoms with Crippen molar-refractivity contribution in [1.82, 2.24) is 4.72 Å². The molecule has 1 heterocycles. The van der Waals surface area contributed by atoms with Gasteiger partial charge < -0.3 is 16.0 Å². The number of sulfonamides is 1. The van der Waals surface area contributed by atoms with Gasteiger partial charge in [0.05, 0.1) is 11.6 Å². The van der Waals surface area contributed by atoms with E-state index < -0.39 is 10.0 Å². The molecule has 190 valence electrons. The van der Waals surface area contributed by atoms with Gasteiger partial charge in [-0.15, -0.1) is 0 Å². The number of anilines is 2. The Morgan fingerprint density at radius 3 is 2.29 bits per heavy atom. The summed E-state index contributed by atoms with van der Waals surface area (Å²) in [4.78, 5) is 26.7. The van der Waals surface area contributed by atoms with Crippen molar-refractivity contribution in [2.24, 2.45) is 11.7 Å². The first-order valence-electron chi connectivity index (χ1n) is 12.2. The average molecular weight is 501 g/mol. The van der Waals surface area contributed by atoms with E-state index in [1.54, 1.807) is 12.1 Å². The van der Waals surface area contributed by atoms with E-state index in [4.69, 9.17) is 5.73 Å². The predicted octanol–water partition coefficient (Wildman–Crippen LogP) is 3.60. The van der Waals surface area contributed by atoms with Gasteiger partial charge in [0.25, 0.3) is 0 Å². The molecule has 1 aliphatic heterocycles. The number of nitrogens with two attached hydrogens (primary N) is 1. The number of carbonyl (C=O) groups excluding carboxylic acids is 2. The van der Waals surface area contributed by atoms with Gasteiger partial charge in [-0.1, -0.05) is 44.2 Å². The first-order chi connectivity index (χ1) is 16.7. The molecular formula is C26H36N4O4S. The van der Waals surface area contributed by atoms with Crippen molar-refractivity contribution in [2.75, 3.05) is 23.3 Å². The highest BCUT2D eigenvalue weighted by atomic mass is 32.2. The zero-order valence-electron chi connectivity index (χ0n) is 20.7. The second-order valence-electron chi connectivity index (χ2n) is 9.14. The van der Waals surface area contributed by atoms with Crippen molar-refractivity contribution >= 4 is 33.2 Å². The van der Waals surface area contributed by atoms with E-state index in [0.29, 0.717) is 50.1 Å². The maximum Gasteiger partial charge on any atom is 0.242 e. The second kappa shape index (κ2) is 11.7. The number of piperidine rings is 1. The summed E-state index contributed by atoms with van der Waals surface area (Å²) in [6.07, 6.45) is 2.40. The topological polar surface area (TPSA) is 122 Å². The molecule has 3 rings (SSSR count). The minimum atomic E-state index is -3.85. The molecule has 9 heteroatoms. The van der Waals surface area contributed by atoms with Gasteiger partial charge in [-0.2, -0.15) is 0 Å². The molecule has 2 aromatic carbocycles. The molecule has 2 aromatic rings. The third-order valence-corrected chi connectivity index (χ3v) is 8.27. The van der Waals surface area contributed by atoms with Gasteiger partial charge in [-0.25, -0.2) is 13.1 Å². The normalized spacial score (nSPS) is 16.5. The highest BCUT2D eigenvalue weighted by Gasteiger charge is 2.29. The molecule has 2 amide bonds. The van der Waals surface area contributed by atoms with Crippen molar-refractivity contribution in [3.05, 3.63) is 54.1 Å². The highest BCUT2D eigenvalue weighted by Crippen LogP contribution is 2.32. The first kappa shape index (κ1) is 26.7. The standard InChI is InChI=1S/C26H36N4O4S/c1-4-18(3)29-35(33,34)24-17-21(28-26(32)22(5-2)19-9-7-6-8-10-19)11-12-23(24)30-15-13-20(14-16-30)25(27)31/h6-12,17-18,20,22,29H,4-5,13-16H2,1-3H3,(H2,27,31)(H,28,32)/t18-,22+/m0/s1. The summed E-state index contributed by atoms with van der Waals surface area (Å²) < 4.78 is 29.5. The summed E-state index contributed by atoms with van der Waals surface area (Å²) >= 11 is 0. The smallest absolute Gasteiger partial charge is 0.242 e. The predicted molar refractivity (Wildman–Crippen MR) is 139 cm³/mol. The van der Waals surface area contributed by atoms with E-state index in [-0.39, 0.29) is 34.6 Å². The molecule has 0 spiro atoms. The maximum atomic E-state index is 13.4. The summed E-state index contributed by atoms with van der Waals surface area (Å²) in [6, 6.07) is 14.3. The van der Waals surface area contributed by atoms with Gasteiger partial charge in [0.1, 0.15) is 4.90 Å². The lowest BCUT2D eigenvalue weighted by molar-refractivity contribution is -0.122. The number of carbonyl (C=O) groups is 2. The number of nitrogens with zero attached hydrogens (tertiary/aromatic N) is 1. The van der Waals surface area contributed by atoms with E-state index >= 15 is 0 Å². The molecule has 1 saturated heterocycles. The van der Waals surface area contributed by atoms with Gasteiger partial charge in [-0.3, -0.25) is 9.59 Å². The Morgan fingerprint density at radius 1 is 1.06 bits per heavy atom. The molecular weight excluding hydrogens is 464 g/mol. The van der Waals surface area contributed by atoms with E-state index in [1.807, 2.05) is 56.0 Å². The van der Waals surface area contributed by atoms with Crippen molar-refractivity contribution in [1.29, 1.82) is 0 Å². The van der Waals surface area contributed by atoms with Gasteiger partial charge in [-0.05, 0) is 56.4 Å². The van der Waals surface area contributed by atoms with Crippen molar-refractivity contribution in [2.45, 2.75) is 63.3 Å². The Hall–Kier alpha value is -2.91. The number of benzene rings is 2. The summed E-state index contributed by atoms with van der Waals surface area (Å²) in [6.45, 7) is 6.72. The van der Waals surface area contributed by atoms with Crippen molar-refractivity contribution in [3.63, 3.8) is 0 Å². The van der Waals surface area contributed by atoms with Gasteiger partial charge in [0.15, 0.2) is 0 Å². The number of hydrogen-bond acceptors (Lipinski definition) is 5. The van der Waals surface area contributed by atoms with E-state index in [2.05, 4.69) is 10.0 Å². The lowest BCUT2D eigenvalue weighted by Crippen LogP contribution is -2.40. The molecule has 0 saturated carbocycles. The molecule has 1 fully saturated rings. The van der Waals surface area contributed by atoms with E-state index in [9.17, 15) is 18.0 Å². The SMILES string of the molecule is CC[C@H](C)NS(=O)(=O)c1cc(NC(=O)[C@H](CC)c2ccccc2)ccc1N1CCC(C(N)=O)CC1. The van der Waals surface area contributed by atoms with Crippen LogP contribution in [0.25, 0.3) is 0 Å². The molecule has 0 aliphatic carbocycles. The quantitative estimate of drug-likeness (QED) is 0.460. The summed E-state index contributed by atoms with van der Waals surface area (Å²) in [5.41, 5.74) is 7.34. The van der Waals surface area contributed by atoms with Crippen LogP contribution in [0.1, 0.15) is 57.9 Å².